The van der Waals surface area contributed by atoms with E-state index in [9.17, 15) is 13.2 Å². The Morgan fingerprint density at radius 3 is 2.67 bits per heavy atom. The van der Waals surface area contributed by atoms with Crippen LogP contribution in [-0.2, 0) is 11.7 Å². The second kappa shape index (κ2) is 5.99. The minimum Gasteiger partial charge on any atom is -0.321 e. The number of hydrogen-bond donors (Lipinski definition) is 1. The van der Waals surface area contributed by atoms with Crippen molar-refractivity contribution in [1.82, 2.24) is 0 Å². The van der Waals surface area contributed by atoms with Gasteiger partial charge in [-0.15, -0.1) is 0 Å². The van der Waals surface area contributed by atoms with Crippen molar-refractivity contribution >= 4 is 0 Å². The van der Waals surface area contributed by atoms with Crippen molar-refractivity contribution in [2.75, 3.05) is 0 Å². The smallest absolute Gasteiger partial charge is 0.321 e. The largest absolute Gasteiger partial charge is 0.416 e. The van der Waals surface area contributed by atoms with E-state index in [1.165, 1.54) is 12.1 Å². The Kier molecular flexibility index (Phi) is 4.66. The molecule has 1 aliphatic carbocycles. The Bertz CT molecular complexity index is 481. The number of nitrogens with two attached hydrogens (primary N) is 1. The number of hydrogen-bond acceptors (Lipinski definition) is 1. The second-order valence-corrected chi connectivity index (χ2v) is 6.83. The van der Waals surface area contributed by atoms with E-state index in [1.807, 2.05) is 0 Å². The number of rotatable bonds is 3. The zero-order chi connectivity index (χ0) is 15.7. The van der Waals surface area contributed by atoms with Crippen LogP contribution in [0.3, 0.4) is 0 Å². The predicted octanol–water partition coefficient (Wildman–Crippen LogP) is 5.10. The maximum absolute atomic E-state index is 12.9. The van der Waals surface area contributed by atoms with Crippen LogP contribution in [0, 0.1) is 11.8 Å². The minimum atomic E-state index is -4.31. The molecule has 118 valence electrons. The maximum Gasteiger partial charge on any atom is 0.416 e. The predicted molar refractivity (Wildman–Crippen MR) is 78.7 cm³/mol. The van der Waals surface area contributed by atoms with E-state index in [-0.39, 0.29) is 0 Å². The first-order valence-electron chi connectivity index (χ1n) is 7.67. The van der Waals surface area contributed by atoms with Crippen LogP contribution in [0.1, 0.15) is 57.1 Å². The standard InChI is InChI=1S/C17H24F3N/c1-12(2)9-13-5-4-8-16(21,11-13)14-6-3-7-15(10-14)17(18,19)20/h3,6-7,10,12-13H,4-5,8-9,11,21H2,1-2H3. The van der Waals surface area contributed by atoms with Gasteiger partial charge in [0.2, 0.25) is 0 Å². The van der Waals surface area contributed by atoms with E-state index < -0.39 is 17.3 Å². The maximum atomic E-state index is 12.9. The lowest BCUT2D eigenvalue weighted by atomic mass is 9.70. The molecular formula is C17H24F3N. The first kappa shape index (κ1) is 16.3. The molecule has 2 unspecified atom stereocenters. The average Bonchev–Trinajstić information content (AvgIpc) is 2.37. The second-order valence-electron chi connectivity index (χ2n) is 6.83. The van der Waals surface area contributed by atoms with Crippen molar-refractivity contribution in [3.63, 3.8) is 0 Å². The number of halogens is 3. The molecule has 1 aromatic carbocycles. The Labute approximate surface area is 124 Å². The van der Waals surface area contributed by atoms with Crippen molar-refractivity contribution in [3.8, 4) is 0 Å². The molecule has 1 aliphatic rings. The number of alkyl halides is 3. The topological polar surface area (TPSA) is 26.0 Å². The van der Waals surface area contributed by atoms with Gasteiger partial charge in [-0.05, 0) is 48.8 Å². The molecule has 0 heterocycles. The van der Waals surface area contributed by atoms with E-state index in [2.05, 4.69) is 13.8 Å². The summed E-state index contributed by atoms with van der Waals surface area (Å²) in [5.74, 6) is 1.11. The molecule has 21 heavy (non-hydrogen) atoms. The van der Waals surface area contributed by atoms with E-state index in [0.717, 1.165) is 38.2 Å². The first-order chi connectivity index (χ1) is 9.71. The van der Waals surface area contributed by atoms with Gasteiger partial charge < -0.3 is 5.73 Å². The highest BCUT2D eigenvalue weighted by Crippen LogP contribution is 2.41. The van der Waals surface area contributed by atoms with Crippen LogP contribution in [0.2, 0.25) is 0 Å². The third-order valence-corrected chi connectivity index (χ3v) is 4.46. The summed E-state index contributed by atoms with van der Waals surface area (Å²) in [6.45, 7) is 4.36. The molecule has 1 saturated carbocycles. The van der Waals surface area contributed by atoms with Gasteiger partial charge in [0.25, 0.3) is 0 Å². The van der Waals surface area contributed by atoms with Gasteiger partial charge in [-0.2, -0.15) is 13.2 Å². The summed E-state index contributed by atoms with van der Waals surface area (Å²) in [6, 6.07) is 5.56. The van der Waals surface area contributed by atoms with Crippen LogP contribution in [0.25, 0.3) is 0 Å². The summed E-state index contributed by atoms with van der Waals surface area (Å²) in [4.78, 5) is 0. The quantitative estimate of drug-likeness (QED) is 0.826. The Balaban J connectivity index is 2.23. The molecule has 2 N–H and O–H groups in total. The van der Waals surface area contributed by atoms with E-state index >= 15 is 0 Å². The molecule has 4 heteroatoms. The van der Waals surface area contributed by atoms with E-state index in [1.54, 1.807) is 6.07 Å². The molecular weight excluding hydrogens is 275 g/mol. The van der Waals surface area contributed by atoms with Crippen molar-refractivity contribution < 1.29 is 13.2 Å². The summed E-state index contributed by atoms with van der Waals surface area (Å²) < 4.78 is 38.6. The molecule has 2 rings (SSSR count). The van der Waals surface area contributed by atoms with Crippen LogP contribution in [0.5, 0.6) is 0 Å². The number of benzene rings is 1. The van der Waals surface area contributed by atoms with Gasteiger partial charge in [0.1, 0.15) is 0 Å². The van der Waals surface area contributed by atoms with Gasteiger partial charge in [0, 0.05) is 5.54 Å². The monoisotopic (exact) mass is 299 g/mol. The molecule has 0 radical (unpaired) electrons. The van der Waals surface area contributed by atoms with Gasteiger partial charge in [0.15, 0.2) is 0 Å². The molecule has 0 bridgehead atoms. The molecule has 0 spiro atoms. The van der Waals surface area contributed by atoms with Crippen molar-refractivity contribution in [2.45, 2.75) is 57.7 Å². The van der Waals surface area contributed by atoms with Gasteiger partial charge in [-0.3, -0.25) is 0 Å². The zero-order valence-corrected chi connectivity index (χ0v) is 12.7. The Morgan fingerprint density at radius 1 is 1.33 bits per heavy atom. The Morgan fingerprint density at radius 2 is 2.05 bits per heavy atom. The molecule has 1 nitrogen and oxygen atoms in total. The minimum absolute atomic E-state index is 0.512. The van der Waals surface area contributed by atoms with Crippen LogP contribution < -0.4 is 5.73 Å². The summed E-state index contributed by atoms with van der Waals surface area (Å²) in [5, 5.41) is 0. The van der Waals surface area contributed by atoms with Crippen molar-refractivity contribution in [1.29, 1.82) is 0 Å². The Hall–Kier alpha value is -1.03. The molecule has 0 aromatic heterocycles. The fourth-order valence-corrected chi connectivity index (χ4v) is 3.56. The normalized spacial score (nSPS) is 27.1. The summed E-state index contributed by atoms with van der Waals surface area (Å²) in [6.07, 6.45) is 0.464. The summed E-state index contributed by atoms with van der Waals surface area (Å²) >= 11 is 0. The first-order valence-corrected chi connectivity index (χ1v) is 7.67. The van der Waals surface area contributed by atoms with Crippen LogP contribution in [0.15, 0.2) is 24.3 Å². The van der Waals surface area contributed by atoms with Crippen LogP contribution in [-0.4, -0.2) is 0 Å². The fourth-order valence-electron chi connectivity index (χ4n) is 3.56. The lowest BCUT2D eigenvalue weighted by molar-refractivity contribution is -0.137. The highest BCUT2D eigenvalue weighted by molar-refractivity contribution is 5.31. The third kappa shape index (κ3) is 4.00. The molecule has 1 fully saturated rings. The van der Waals surface area contributed by atoms with Crippen molar-refractivity contribution in [2.24, 2.45) is 17.6 Å². The highest BCUT2D eigenvalue weighted by Gasteiger charge is 2.37. The zero-order valence-electron chi connectivity index (χ0n) is 12.7. The van der Waals surface area contributed by atoms with E-state index in [0.29, 0.717) is 17.4 Å². The molecule has 0 amide bonds. The van der Waals surface area contributed by atoms with E-state index in [4.69, 9.17) is 5.73 Å². The summed E-state index contributed by atoms with van der Waals surface area (Å²) in [7, 11) is 0. The van der Waals surface area contributed by atoms with Gasteiger partial charge in [-0.1, -0.05) is 38.8 Å². The molecule has 0 saturated heterocycles. The van der Waals surface area contributed by atoms with Gasteiger partial charge in [0.05, 0.1) is 5.56 Å². The fraction of sp³-hybridized carbons (Fsp3) is 0.647. The highest BCUT2D eigenvalue weighted by atomic mass is 19.4. The van der Waals surface area contributed by atoms with Crippen molar-refractivity contribution in [3.05, 3.63) is 35.4 Å². The van der Waals surface area contributed by atoms with Crippen LogP contribution in [0.4, 0.5) is 13.2 Å². The SMILES string of the molecule is CC(C)CC1CCCC(N)(c2cccc(C(F)(F)F)c2)C1. The molecule has 1 aromatic rings. The molecule has 2 atom stereocenters. The lowest BCUT2D eigenvalue weighted by Crippen LogP contribution is -2.41. The summed E-state index contributed by atoms with van der Waals surface area (Å²) in [5.41, 5.74) is 5.91. The lowest BCUT2D eigenvalue weighted by Gasteiger charge is -2.39. The van der Waals surface area contributed by atoms with Gasteiger partial charge in [-0.25, -0.2) is 0 Å². The van der Waals surface area contributed by atoms with Gasteiger partial charge >= 0.3 is 6.18 Å². The third-order valence-electron chi connectivity index (χ3n) is 4.46. The molecule has 0 aliphatic heterocycles. The van der Waals surface area contributed by atoms with Crippen LogP contribution >= 0.6 is 0 Å². The average molecular weight is 299 g/mol.